The van der Waals surface area contributed by atoms with Gasteiger partial charge in [0, 0.05) is 129 Å². The van der Waals surface area contributed by atoms with Gasteiger partial charge in [-0.25, -0.2) is 55.7 Å². The van der Waals surface area contributed by atoms with E-state index in [2.05, 4.69) is 20.4 Å². The number of benzene rings is 4. The molecule has 7 aromatic rings. The Labute approximate surface area is 567 Å². The van der Waals surface area contributed by atoms with Crippen molar-refractivity contribution in [2.45, 2.75) is 55.5 Å². The molecule has 33 heteroatoms. The maximum Gasteiger partial charge on any atom is 0.356 e. The molecule has 4 aromatic carbocycles. The minimum absolute atomic E-state index is 0.0215. The first kappa shape index (κ1) is 68.1. The van der Waals surface area contributed by atoms with E-state index in [1.165, 1.54) is 97.8 Å². The summed E-state index contributed by atoms with van der Waals surface area (Å²) in [5.74, 6) is -2.24. The molecule has 0 radical (unpaired) electrons. The number of sulfonamides is 1. The normalized spacial score (nSPS) is 20.6. The molecule has 3 fully saturated rings. The van der Waals surface area contributed by atoms with Crippen molar-refractivity contribution in [2.24, 2.45) is 20.7 Å². The molecular formula is C62H54Cl3F3N12O11S4. The van der Waals surface area contributed by atoms with E-state index < -0.39 is 75.5 Å². The molecule has 13 rings (SSSR count). The molecule has 23 nitrogen and oxygen atoms in total. The third-order valence-corrected chi connectivity index (χ3v) is 19.9. The number of aromatic nitrogens is 3. The number of nitrogens with zero attached hydrogens (tertiary/aromatic N) is 10. The van der Waals surface area contributed by atoms with Gasteiger partial charge in [0.25, 0.3) is 0 Å². The van der Waals surface area contributed by atoms with Gasteiger partial charge in [0.1, 0.15) is 35.6 Å². The van der Waals surface area contributed by atoms with Gasteiger partial charge in [-0.3, -0.25) is 20.2 Å². The number of aliphatic imine (C=N–C) groups is 3. The van der Waals surface area contributed by atoms with Gasteiger partial charge in [-0.05, 0) is 48.5 Å². The van der Waals surface area contributed by atoms with Crippen molar-refractivity contribution in [3.05, 3.63) is 223 Å². The number of hydrogen-bond donors (Lipinski definition) is 3. The Balaban J connectivity index is 0.000000147. The summed E-state index contributed by atoms with van der Waals surface area (Å²) in [4.78, 5) is 89.1. The lowest BCUT2D eigenvalue weighted by Crippen LogP contribution is -2.40. The Bertz CT molecular complexity index is 4430. The van der Waals surface area contributed by atoms with Crippen LogP contribution in [0.25, 0.3) is 0 Å². The number of carbonyl (C=O) groups is 4. The number of halogens is 6. The molecule has 95 heavy (non-hydrogen) atoms. The third kappa shape index (κ3) is 14.3. The lowest BCUT2D eigenvalue weighted by atomic mass is 9.94. The molecule has 494 valence electrons. The van der Waals surface area contributed by atoms with E-state index in [1.807, 2.05) is 26.6 Å². The van der Waals surface area contributed by atoms with E-state index in [-0.39, 0.29) is 55.7 Å². The molecule has 6 aliphatic heterocycles. The second-order valence-electron chi connectivity index (χ2n) is 21.6. The zero-order chi connectivity index (χ0) is 67.6. The fraction of sp³-hybridized carbons (Fsp3) is 0.258. The lowest BCUT2D eigenvalue weighted by Gasteiger charge is -2.31. The van der Waals surface area contributed by atoms with Crippen LogP contribution in [0.15, 0.2) is 168 Å². The highest BCUT2D eigenvalue weighted by molar-refractivity contribution is 7.88. The number of ether oxygens (including phenoxy) is 3. The SMILES string of the molecule is COC(=O)C1=C2C[C@H](N(O)S(C)(=O)=O)CN2C(c2nccs2)=N[C@H]1c1ccc(F)cc1Cl.COC(=O)C1=C2C[C@H](N)CN2C(c2nccs2)=N[C@H]1c1ccc(F)cc1Cl.COC(=O)C1=C2C[C@H](NOC(=O)c3ccccc3)CN2C(c2nccs2)=N[C@H]1c1ccc(F)cc1Cl. The molecule has 0 spiro atoms. The molecule has 3 aromatic heterocycles. The quantitative estimate of drug-likeness (QED) is 0.0518. The molecule has 0 aliphatic carbocycles. The standard InChI is InChI=1S/C25H20ClFN4O4S.C19H18ClFN4O5S2.C18H16ClFN4O2S/c1-34-25(33)20-19-12-16(30-35-24(32)14-5-3-2-4-6-14)13-31(19)22(23-28-9-10-36-23)29-21(20)17-8-7-15(27)11-18(17)26;1-30-19(26)15-14-8-11(25(27)32(2,28)29)9-24(14)17(18-22-5-6-31-18)23-16(15)12-4-3-10(21)7-13(12)20;1-26-18(25)14-13-7-10(21)8-24(13)16(17-22-4-5-27-17)23-15(14)11-3-2-9(20)6-12(11)19/h2-11,16,21,30H,12-13H2,1H3;3-7,11,16,27H,8-9H2,1-2H3;2-6,10,15H,7-8,21H2,1H3/t16-,21-;11-,16-;10-,15-/m000/s1. The molecule has 0 saturated carbocycles. The van der Waals surface area contributed by atoms with Gasteiger partial charge in [-0.1, -0.05) is 75.7 Å². The van der Waals surface area contributed by atoms with E-state index >= 15 is 0 Å². The molecule has 0 bridgehead atoms. The molecule has 0 amide bonds. The van der Waals surface area contributed by atoms with Gasteiger partial charge < -0.3 is 39.5 Å². The highest BCUT2D eigenvalue weighted by Crippen LogP contribution is 2.46. The van der Waals surface area contributed by atoms with Crippen molar-refractivity contribution in [1.82, 2.24) is 39.6 Å². The fourth-order valence-electron chi connectivity index (χ4n) is 11.5. The molecule has 6 atom stereocenters. The molecule has 6 aliphatic rings. The first-order valence-corrected chi connectivity index (χ1v) is 34.2. The number of methoxy groups -OCH3 is 3. The average molecular weight is 1430 g/mol. The summed E-state index contributed by atoms with van der Waals surface area (Å²) < 4.78 is 80.2. The van der Waals surface area contributed by atoms with Crippen LogP contribution in [0.3, 0.4) is 0 Å². The van der Waals surface area contributed by atoms with Crippen LogP contribution in [0.4, 0.5) is 13.2 Å². The number of fused-ring (bicyclic) bond motifs is 3. The maximum atomic E-state index is 13.8. The van der Waals surface area contributed by atoms with Crippen LogP contribution in [0.2, 0.25) is 15.1 Å². The smallest absolute Gasteiger partial charge is 0.356 e. The van der Waals surface area contributed by atoms with Crippen molar-refractivity contribution in [3.63, 3.8) is 0 Å². The monoisotopic (exact) mass is 1430 g/mol. The van der Waals surface area contributed by atoms with Gasteiger partial charge in [-0.2, -0.15) is 0 Å². The van der Waals surface area contributed by atoms with Crippen molar-refractivity contribution in [2.75, 3.05) is 47.2 Å². The number of amidine groups is 3. The van der Waals surface area contributed by atoms with Crippen molar-refractivity contribution in [1.29, 1.82) is 0 Å². The first-order chi connectivity index (χ1) is 45.6. The van der Waals surface area contributed by atoms with Crippen molar-refractivity contribution < 1.29 is 65.0 Å². The third-order valence-electron chi connectivity index (χ3n) is 15.6. The van der Waals surface area contributed by atoms with Gasteiger partial charge in [0.15, 0.2) is 32.5 Å². The van der Waals surface area contributed by atoms with E-state index in [9.17, 15) is 46.0 Å². The summed E-state index contributed by atoms with van der Waals surface area (Å²) in [6, 6.07) is 16.5. The topological polar surface area (TPSA) is 286 Å². The van der Waals surface area contributed by atoms with Crippen molar-refractivity contribution >= 4 is 120 Å². The predicted octanol–water partition coefficient (Wildman–Crippen LogP) is 9.79. The summed E-state index contributed by atoms with van der Waals surface area (Å²) in [5.41, 5.74) is 13.4. The first-order valence-electron chi connectivity index (χ1n) is 28.6. The van der Waals surface area contributed by atoms with E-state index in [4.69, 9.17) is 74.6 Å². The Morgan fingerprint density at radius 3 is 1.35 bits per heavy atom. The number of nitrogens with one attached hydrogen (secondary N) is 1. The molecule has 4 N–H and O–H groups in total. The highest BCUT2D eigenvalue weighted by Gasteiger charge is 2.47. The van der Waals surface area contributed by atoms with E-state index in [0.717, 1.165) is 18.0 Å². The lowest BCUT2D eigenvalue weighted by molar-refractivity contribution is -0.137. The minimum atomic E-state index is -3.91. The summed E-state index contributed by atoms with van der Waals surface area (Å²) in [7, 11) is -0.0943. The zero-order valence-electron chi connectivity index (χ0n) is 50.2. The summed E-state index contributed by atoms with van der Waals surface area (Å²) in [6.45, 7) is 0.931. The number of nitrogens with two attached hydrogens (primary N) is 1. The Morgan fingerprint density at radius 2 is 0.968 bits per heavy atom. The second-order valence-corrected chi connectivity index (χ2v) is 27.3. The Morgan fingerprint density at radius 1 is 0.579 bits per heavy atom. The molecule has 3 saturated heterocycles. The molecule has 9 heterocycles. The van der Waals surface area contributed by atoms with Gasteiger partial charge in [0.2, 0.25) is 10.0 Å². The van der Waals surface area contributed by atoms with Crippen LogP contribution in [-0.2, 0) is 43.5 Å². The Hall–Kier alpha value is -8.27. The largest absolute Gasteiger partial charge is 0.466 e. The van der Waals surface area contributed by atoms with Crippen LogP contribution in [0.1, 0.15) is 79.5 Å². The van der Waals surface area contributed by atoms with Gasteiger partial charge >= 0.3 is 23.9 Å². The number of rotatable bonds is 14. The average Bonchev–Trinajstić information content (AvgIpc) is 1.70. The predicted molar refractivity (Wildman–Crippen MR) is 349 cm³/mol. The second kappa shape index (κ2) is 29.0. The van der Waals surface area contributed by atoms with Gasteiger partial charge in [0.05, 0.1) is 62.0 Å². The summed E-state index contributed by atoms with van der Waals surface area (Å²) in [6.07, 6.45) is 6.69. The maximum absolute atomic E-state index is 13.8. The molecule has 0 unspecified atom stereocenters. The van der Waals surface area contributed by atoms with Crippen LogP contribution in [0, 0.1) is 17.5 Å². The number of hydroxylamine groups is 2. The summed E-state index contributed by atoms with van der Waals surface area (Å²) in [5, 5.41) is 18.0. The highest BCUT2D eigenvalue weighted by atomic mass is 35.5. The summed E-state index contributed by atoms with van der Waals surface area (Å²) >= 11 is 23.1. The van der Waals surface area contributed by atoms with Crippen molar-refractivity contribution in [3.8, 4) is 0 Å². The van der Waals surface area contributed by atoms with Crippen LogP contribution < -0.4 is 11.2 Å². The van der Waals surface area contributed by atoms with E-state index in [0.29, 0.717) is 97.7 Å². The van der Waals surface area contributed by atoms with Gasteiger partial charge in [-0.15, -0.1) is 39.5 Å². The van der Waals surface area contributed by atoms with E-state index in [1.54, 1.807) is 59.2 Å². The number of thiazole rings is 3. The number of hydrogen-bond acceptors (Lipinski definition) is 25. The van der Waals surface area contributed by atoms with Crippen LogP contribution in [-0.4, -0.2) is 154 Å². The zero-order valence-corrected chi connectivity index (χ0v) is 55.8. The minimum Gasteiger partial charge on any atom is -0.466 e. The number of esters is 3. The van der Waals surface area contributed by atoms with Crippen LogP contribution >= 0.6 is 68.8 Å². The molecular weight excluding hydrogens is 1380 g/mol. The number of carbonyl (C=O) groups excluding carboxylic acids is 4. The van der Waals surface area contributed by atoms with Crippen LogP contribution in [0.5, 0.6) is 0 Å². The Kier molecular flexibility index (Phi) is 20.8. The fourth-order valence-corrected chi connectivity index (χ4v) is 14.9.